The van der Waals surface area contributed by atoms with Gasteiger partial charge in [-0.25, -0.2) is 4.79 Å². The molecule has 20 heavy (non-hydrogen) atoms. The summed E-state index contributed by atoms with van der Waals surface area (Å²) in [4.78, 5) is 18.0. The highest BCUT2D eigenvalue weighted by Gasteiger charge is 2.07. The Labute approximate surface area is 130 Å². The number of hydrogen-bond acceptors (Lipinski definition) is 2. The molecule has 5 N–H and O–H groups in total. The SMILES string of the molecule is C[NH+](C)CCNC(=S)Nc1cc2[nH]c(=O)[nH]c2cc1Br. The number of hydrogen-bond donors (Lipinski definition) is 5. The summed E-state index contributed by atoms with van der Waals surface area (Å²) in [6.45, 7) is 1.78. The zero-order valence-corrected chi connectivity index (χ0v) is 13.7. The molecule has 0 spiro atoms. The molecule has 1 aromatic heterocycles. The lowest BCUT2D eigenvalue weighted by Crippen LogP contribution is -3.06. The molecule has 6 nitrogen and oxygen atoms in total. The van der Waals surface area contributed by atoms with Crippen LogP contribution in [0.5, 0.6) is 0 Å². The molecule has 0 bridgehead atoms. The lowest BCUT2D eigenvalue weighted by Gasteiger charge is -2.13. The average molecular weight is 359 g/mol. The molecular weight excluding hydrogens is 342 g/mol. The maximum atomic E-state index is 11.3. The quantitative estimate of drug-likeness (QED) is 0.500. The summed E-state index contributed by atoms with van der Waals surface area (Å²) in [5.41, 5.74) is 2.07. The maximum absolute atomic E-state index is 11.3. The van der Waals surface area contributed by atoms with Crippen LogP contribution in [0.25, 0.3) is 11.0 Å². The van der Waals surface area contributed by atoms with Crippen molar-refractivity contribution in [1.29, 1.82) is 0 Å². The normalized spacial score (nSPS) is 11.0. The van der Waals surface area contributed by atoms with E-state index in [0.29, 0.717) is 5.11 Å². The van der Waals surface area contributed by atoms with E-state index in [-0.39, 0.29) is 5.69 Å². The third kappa shape index (κ3) is 3.81. The van der Waals surface area contributed by atoms with Crippen LogP contribution in [0.4, 0.5) is 5.69 Å². The average Bonchev–Trinajstić information content (AvgIpc) is 2.68. The second-order valence-corrected chi connectivity index (χ2v) is 6.06. The highest BCUT2D eigenvalue weighted by atomic mass is 79.9. The maximum Gasteiger partial charge on any atom is 0.323 e. The molecule has 0 atom stereocenters. The monoisotopic (exact) mass is 358 g/mol. The number of aromatic nitrogens is 2. The molecule has 0 aliphatic rings. The zero-order valence-electron chi connectivity index (χ0n) is 11.3. The van der Waals surface area contributed by atoms with Gasteiger partial charge in [-0.15, -0.1) is 0 Å². The number of fused-ring (bicyclic) bond motifs is 1. The van der Waals surface area contributed by atoms with E-state index in [0.717, 1.165) is 34.3 Å². The van der Waals surface area contributed by atoms with E-state index < -0.39 is 0 Å². The minimum atomic E-state index is -0.223. The van der Waals surface area contributed by atoms with Gasteiger partial charge in [0.25, 0.3) is 0 Å². The number of quaternary nitrogens is 1. The molecule has 1 aromatic carbocycles. The summed E-state index contributed by atoms with van der Waals surface area (Å²) in [7, 11) is 4.18. The van der Waals surface area contributed by atoms with E-state index in [1.165, 1.54) is 4.90 Å². The Morgan fingerprint density at radius 3 is 2.65 bits per heavy atom. The van der Waals surface area contributed by atoms with E-state index in [1.807, 2.05) is 12.1 Å². The number of benzene rings is 1. The van der Waals surface area contributed by atoms with E-state index in [2.05, 4.69) is 50.6 Å². The molecule has 0 unspecified atom stereocenters. The lowest BCUT2D eigenvalue weighted by atomic mass is 10.3. The summed E-state index contributed by atoms with van der Waals surface area (Å²) in [6.07, 6.45) is 0. The van der Waals surface area contributed by atoms with Crippen molar-refractivity contribution in [2.24, 2.45) is 0 Å². The summed E-state index contributed by atoms with van der Waals surface area (Å²) in [5, 5.41) is 6.81. The molecule has 8 heteroatoms. The fraction of sp³-hybridized carbons (Fsp3) is 0.333. The second-order valence-electron chi connectivity index (χ2n) is 4.79. The molecule has 0 radical (unpaired) electrons. The summed E-state index contributed by atoms with van der Waals surface area (Å²) in [6, 6.07) is 3.67. The Balaban J connectivity index is 2.07. The van der Waals surface area contributed by atoms with Crippen molar-refractivity contribution < 1.29 is 4.90 Å². The zero-order chi connectivity index (χ0) is 14.7. The Hall–Kier alpha value is -1.38. The topological polar surface area (TPSA) is 77.2 Å². The van der Waals surface area contributed by atoms with Crippen LogP contribution in [0.2, 0.25) is 0 Å². The van der Waals surface area contributed by atoms with Gasteiger partial charge >= 0.3 is 5.69 Å². The van der Waals surface area contributed by atoms with Gasteiger partial charge in [-0.3, -0.25) is 0 Å². The lowest BCUT2D eigenvalue weighted by molar-refractivity contribution is -0.856. The summed E-state index contributed by atoms with van der Waals surface area (Å²) in [5.74, 6) is 0. The van der Waals surface area contributed by atoms with E-state index in [9.17, 15) is 4.79 Å². The predicted octanol–water partition coefficient (Wildman–Crippen LogP) is 0.0496. The first-order chi connectivity index (χ1) is 9.45. The number of anilines is 1. The third-order valence-corrected chi connectivity index (χ3v) is 3.66. The number of rotatable bonds is 4. The number of halogens is 1. The van der Waals surface area contributed by atoms with Crippen LogP contribution in [0, 0.1) is 0 Å². The second kappa shape index (κ2) is 6.38. The number of aromatic amines is 2. The van der Waals surface area contributed by atoms with Gasteiger partial charge in [0.2, 0.25) is 0 Å². The molecule has 0 saturated carbocycles. The number of thiocarbonyl (C=S) groups is 1. The van der Waals surface area contributed by atoms with Crippen LogP contribution in [-0.4, -0.2) is 42.3 Å². The van der Waals surface area contributed by atoms with Crippen molar-refractivity contribution in [3.63, 3.8) is 0 Å². The fourth-order valence-corrected chi connectivity index (χ4v) is 2.40. The van der Waals surface area contributed by atoms with Gasteiger partial charge < -0.3 is 25.5 Å². The van der Waals surface area contributed by atoms with Crippen LogP contribution in [0.15, 0.2) is 21.4 Å². The third-order valence-electron chi connectivity index (χ3n) is 2.76. The highest BCUT2D eigenvalue weighted by molar-refractivity contribution is 9.10. The number of H-pyrrole nitrogens is 2. The Morgan fingerprint density at radius 2 is 2.00 bits per heavy atom. The smallest absolute Gasteiger partial charge is 0.323 e. The van der Waals surface area contributed by atoms with E-state index in [4.69, 9.17) is 12.2 Å². The molecule has 108 valence electrons. The van der Waals surface area contributed by atoms with Gasteiger partial charge in [-0.05, 0) is 40.3 Å². The van der Waals surface area contributed by atoms with Crippen LogP contribution in [0.1, 0.15) is 0 Å². The molecule has 0 amide bonds. The van der Waals surface area contributed by atoms with Gasteiger partial charge in [0, 0.05) is 4.47 Å². The fourth-order valence-electron chi connectivity index (χ4n) is 1.74. The highest BCUT2D eigenvalue weighted by Crippen LogP contribution is 2.26. The number of imidazole rings is 1. The van der Waals surface area contributed by atoms with Crippen molar-refractivity contribution in [2.45, 2.75) is 0 Å². The van der Waals surface area contributed by atoms with Crippen LogP contribution >= 0.6 is 28.1 Å². The molecule has 2 aromatic rings. The Bertz CT molecular complexity index is 678. The molecule has 0 aliphatic heterocycles. The van der Waals surface area contributed by atoms with Gasteiger partial charge in [0.1, 0.15) is 0 Å². The van der Waals surface area contributed by atoms with Crippen molar-refractivity contribution in [1.82, 2.24) is 15.3 Å². The van der Waals surface area contributed by atoms with Crippen LogP contribution in [0.3, 0.4) is 0 Å². The van der Waals surface area contributed by atoms with Crippen molar-refractivity contribution in [3.05, 3.63) is 27.1 Å². The molecule has 2 rings (SSSR count). The molecule has 0 aliphatic carbocycles. The number of likely N-dealkylation sites (N-methyl/N-ethyl adjacent to an activating group) is 1. The van der Waals surface area contributed by atoms with Gasteiger partial charge in [-0.1, -0.05) is 0 Å². The number of nitrogens with one attached hydrogen (secondary N) is 5. The van der Waals surface area contributed by atoms with Crippen LogP contribution in [-0.2, 0) is 0 Å². The standard InChI is InChI=1S/C12H16BrN5OS/c1-18(2)4-3-14-12(20)17-8-6-10-9(5-7(8)13)15-11(19)16-10/h5-6H,3-4H2,1-2H3,(H2,14,17,20)(H2,15,16,19)/p+1. The largest absolute Gasteiger partial charge is 0.357 e. The van der Waals surface area contributed by atoms with Crippen molar-refractivity contribution in [3.8, 4) is 0 Å². The summed E-state index contributed by atoms with van der Waals surface area (Å²) < 4.78 is 0.836. The summed E-state index contributed by atoms with van der Waals surface area (Å²) >= 11 is 8.70. The van der Waals surface area contributed by atoms with Crippen LogP contribution < -0.4 is 21.2 Å². The molecular formula is C12H17BrN5OS+. The van der Waals surface area contributed by atoms with E-state index in [1.54, 1.807) is 0 Å². The van der Waals surface area contributed by atoms with E-state index >= 15 is 0 Å². The predicted molar refractivity (Wildman–Crippen MR) is 88.5 cm³/mol. The van der Waals surface area contributed by atoms with Gasteiger partial charge in [-0.2, -0.15) is 0 Å². The molecule has 1 heterocycles. The van der Waals surface area contributed by atoms with Crippen molar-refractivity contribution in [2.75, 3.05) is 32.5 Å². The van der Waals surface area contributed by atoms with Crippen molar-refractivity contribution >= 4 is 50.0 Å². The first-order valence-electron chi connectivity index (χ1n) is 6.21. The molecule has 0 fully saturated rings. The van der Waals surface area contributed by atoms with Gasteiger partial charge in [0.15, 0.2) is 5.11 Å². The molecule has 0 saturated heterocycles. The minimum Gasteiger partial charge on any atom is -0.357 e. The Kier molecular flexibility index (Phi) is 4.79. The first kappa shape index (κ1) is 15.0. The minimum absolute atomic E-state index is 0.223. The van der Waals surface area contributed by atoms with Gasteiger partial charge in [0.05, 0.1) is 43.9 Å². The first-order valence-corrected chi connectivity index (χ1v) is 7.41. The Morgan fingerprint density at radius 1 is 1.35 bits per heavy atom.